The van der Waals surface area contributed by atoms with Crippen molar-refractivity contribution in [3.63, 3.8) is 0 Å². The number of hydrogen-bond acceptors (Lipinski definition) is 3. The summed E-state index contributed by atoms with van der Waals surface area (Å²) in [5.74, 6) is -1.34. The minimum absolute atomic E-state index is 0.0970. The third-order valence-corrected chi connectivity index (χ3v) is 3.86. The average Bonchev–Trinajstić information content (AvgIpc) is 2.87. The van der Waals surface area contributed by atoms with Crippen molar-refractivity contribution in [3.05, 3.63) is 29.8 Å². The quantitative estimate of drug-likeness (QED) is 0.764. The summed E-state index contributed by atoms with van der Waals surface area (Å²) in [5.41, 5.74) is 2.03. The maximum absolute atomic E-state index is 12.2. The number of fused-ring (bicyclic) bond motifs is 1. The van der Waals surface area contributed by atoms with Gasteiger partial charge in [0.25, 0.3) is 0 Å². The first-order chi connectivity index (χ1) is 9.52. The van der Waals surface area contributed by atoms with E-state index < -0.39 is 18.1 Å². The molecular weight excluding hydrogens is 256 g/mol. The molecule has 5 nitrogen and oxygen atoms in total. The molecule has 2 rings (SSSR count). The molecule has 5 heteroatoms. The van der Waals surface area contributed by atoms with E-state index >= 15 is 0 Å². The van der Waals surface area contributed by atoms with Gasteiger partial charge in [-0.25, -0.2) is 4.79 Å². The van der Waals surface area contributed by atoms with Gasteiger partial charge in [0.05, 0.1) is 0 Å². The predicted molar refractivity (Wildman–Crippen MR) is 76.6 cm³/mol. The number of carboxylic acids is 1. The molecule has 0 radical (unpaired) electrons. The highest BCUT2D eigenvalue weighted by Gasteiger charge is 2.31. The van der Waals surface area contributed by atoms with E-state index in [0.29, 0.717) is 12.8 Å². The fourth-order valence-electron chi connectivity index (χ4n) is 2.39. The van der Waals surface area contributed by atoms with E-state index in [9.17, 15) is 14.7 Å². The Morgan fingerprint density at radius 1 is 1.45 bits per heavy atom. The van der Waals surface area contributed by atoms with Crippen LogP contribution in [0.25, 0.3) is 0 Å². The summed E-state index contributed by atoms with van der Waals surface area (Å²) in [7, 11) is 0. The molecule has 1 aromatic rings. The van der Waals surface area contributed by atoms with Crippen LogP contribution in [0.3, 0.4) is 0 Å². The topological polar surface area (TPSA) is 78.4 Å². The molecule has 0 spiro atoms. The zero-order chi connectivity index (χ0) is 14.7. The van der Waals surface area contributed by atoms with Crippen LogP contribution in [-0.4, -0.2) is 29.1 Å². The van der Waals surface area contributed by atoms with E-state index in [1.54, 1.807) is 0 Å². The molecule has 0 aliphatic carbocycles. The summed E-state index contributed by atoms with van der Waals surface area (Å²) >= 11 is 0. The van der Waals surface area contributed by atoms with E-state index in [1.165, 1.54) is 0 Å². The minimum Gasteiger partial charge on any atom is -0.480 e. The highest BCUT2D eigenvalue weighted by atomic mass is 16.4. The summed E-state index contributed by atoms with van der Waals surface area (Å²) in [4.78, 5) is 23.4. The highest BCUT2D eigenvalue weighted by molar-refractivity contribution is 5.90. The molecule has 20 heavy (non-hydrogen) atoms. The Morgan fingerprint density at radius 2 is 2.15 bits per heavy atom. The van der Waals surface area contributed by atoms with Crippen LogP contribution < -0.4 is 10.6 Å². The molecule has 1 aromatic carbocycles. The molecule has 3 N–H and O–H groups in total. The number of nitrogens with one attached hydrogen (secondary N) is 2. The fourth-order valence-corrected chi connectivity index (χ4v) is 2.39. The second-order valence-corrected chi connectivity index (χ2v) is 5.27. The lowest BCUT2D eigenvalue weighted by Gasteiger charge is -2.22. The van der Waals surface area contributed by atoms with Gasteiger partial charge in [0.15, 0.2) is 0 Å². The molecule has 3 unspecified atom stereocenters. The van der Waals surface area contributed by atoms with Gasteiger partial charge in [0.1, 0.15) is 12.1 Å². The van der Waals surface area contributed by atoms with Crippen LogP contribution in [0.2, 0.25) is 0 Å². The van der Waals surface area contributed by atoms with E-state index in [1.807, 2.05) is 38.1 Å². The van der Waals surface area contributed by atoms with Crippen LogP contribution in [0.1, 0.15) is 25.8 Å². The lowest BCUT2D eigenvalue weighted by molar-refractivity contribution is -0.143. The standard InChI is InChI=1S/C15H20N2O3/c1-3-9(2)13(15(19)20)17-14(18)12-8-10-6-4-5-7-11(10)16-12/h4-7,9,12-13,16H,3,8H2,1-2H3,(H,17,18)(H,19,20). The van der Waals surface area contributed by atoms with Crippen LogP contribution in [0.15, 0.2) is 24.3 Å². The Bertz CT molecular complexity index is 491. The molecule has 1 aliphatic heterocycles. The lowest BCUT2D eigenvalue weighted by Crippen LogP contribution is -2.50. The van der Waals surface area contributed by atoms with Gasteiger partial charge in [-0.3, -0.25) is 4.79 Å². The van der Waals surface area contributed by atoms with Gasteiger partial charge < -0.3 is 15.7 Å². The van der Waals surface area contributed by atoms with E-state index in [-0.39, 0.29) is 11.8 Å². The zero-order valence-corrected chi connectivity index (χ0v) is 11.7. The van der Waals surface area contributed by atoms with Crippen LogP contribution in [0.5, 0.6) is 0 Å². The van der Waals surface area contributed by atoms with Crippen LogP contribution in [0.4, 0.5) is 5.69 Å². The van der Waals surface area contributed by atoms with Gasteiger partial charge >= 0.3 is 5.97 Å². The molecule has 1 aliphatic rings. The first-order valence-electron chi connectivity index (χ1n) is 6.90. The Labute approximate surface area is 118 Å². The summed E-state index contributed by atoms with van der Waals surface area (Å²) in [6.45, 7) is 3.74. The van der Waals surface area contributed by atoms with Crippen molar-refractivity contribution >= 4 is 17.6 Å². The van der Waals surface area contributed by atoms with Crippen molar-refractivity contribution in [2.45, 2.75) is 38.8 Å². The Kier molecular flexibility index (Phi) is 4.27. The number of carbonyl (C=O) groups excluding carboxylic acids is 1. The summed E-state index contributed by atoms with van der Waals surface area (Å²) in [6.07, 6.45) is 1.30. The Hall–Kier alpha value is -2.04. The number of amides is 1. The summed E-state index contributed by atoms with van der Waals surface area (Å²) in [5, 5.41) is 15.0. The van der Waals surface area contributed by atoms with Crippen molar-refractivity contribution in [1.29, 1.82) is 0 Å². The highest BCUT2D eigenvalue weighted by Crippen LogP contribution is 2.25. The molecular formula is C15H20N2O3. The predicted octanol–water partition coefficient (Wildman–Crippen LogP) is 1.64. The Morgan fingerprint density at radius 3 is 2.75 bits per heavy atom. The summed E-state index contributed by atoms with van der Waals surface area (Å²) in [6, 6.07) is 6.51. The summed E-state index contributed by atoms with van der Waals surface area (Å²) < 4.78 is 0. The van der Waals surface area contributed by atoms with Gasteiger partial charge in [0, 0.05) is 12.1 Å². The second kappa shape index (κ2) is 5.94. The van der Waals surface area contributed by atoms with Crippen LogP contribution in [0, 0.1) is 5.92 Å². The number of hydrogen-bond donors (Lipinski definition) is 3. The maximum atomic E-state index is 12.2. The minimum atomic E-state index is -0.983. The molecule has 0 fully saturated rings. The van der Waals surface area contributed by atoms with Crippen molar-refractivity contribution in [3.8, 4) is 0 Å². The van der Waals surface area contributed by atoms with Gasteiger partial charge in [-0.1, -0.05) is 38.5 Å². The van der Waals surface area contributed by atoms with Gasteiger partial charge in [0.2, 0.25) is 5.91 Å². The van der Waals surface area contributed by atoms with Gasteiger partial charge in [-0.2, -0.15) is 0 Å². The molecule has 0 aromatic heterocycles. The van der Waals surface area contributed by atoms with Crippen molar-refractivity contribution in [2.24, 2.45) is 5.92 Å². The number of carboxylic acid groups (broad SMARTS) is 1. The zero-order valence-electron chi connectivity index (χ0n) is 11.7. The monoisotopic (exact) mass is 276 g/mol. The van der Waals surface area contributed by atoms with E-state index in [0.717, 1.165) is 11.3 Å². The van der Waals surface area contributed by atoms with E-state index in [2.05, 4.69) is 10.6 Å². The number of carbonyl (C=O) groups is 2. The van der Waals surface area contributed by atoms with Crippen LogP contribution >= 0.6 is 0 Å². The number of aliphatic carboxylic acids is 1. The first-order valence-corrected chi connectivity index (χ1v) is 6.90. The molecule has 1 amide bonds. The van der Waals surface area contributed by atoms with E-state index in [4.69, 9.17) is 0 Å². The molecule has 0 saturated heterocycles. The van der Waals surface area contributed by atoms with Gasteiger partial charge in [-0.05, 0) is 17.5 Å². The normalized spacial score (nSPS) is 19.6. The van der Waals surface area contributed by atoms with Crippen LogP contribution in [-0.2, 0) is 16.0 Å². The molecule has 3 atom stereocenters. The molecule has 1 heterocycles. The number of benzene rings is 1. The maximum Gasteiger partial charge on any atom is 0.326 e. The lowest BCUT2D eigenvalue weighted by atomic mass is 9.98. The van der Waals surface area contributed by atoms with Crippen molar-refractivity contribution in [2.75, 3.05) is 5.32 Å². The SMILES string of the molecule is CCC(C)C(NC(=O)C1Cc2ccccc2N1)C(=O)O. The molecule has 0 bridgehead atoms. The third kappa shape index (κ3) is 2.92. The molecule has 108 valence electrons. The first kappa shape index (κ1) is 14.4. The number of anilines is 1. The number of rotatable bonds is 5. The largest absolute Gasteiger partial charge is 0.480 e. The van der Waals surface area contributed by atoms with Crippen molar-refractivity contribution in [1.82, 2.24) is 5.32 Å². The second-order valence-electron chi connectivity index (χ2n) is 5.27. The third-order valence-electron chi connectivity index (χ3n) is 3.86. The average molecular weight is 276 g/mol. The molecule has 0 saturated carbocycles. The smallest absolute Gasteiger partial charge is 0.326 e. The fraction of sp³-hybridized carbons (Fsp3) is 0.467. The Balaban J connectivity index is 2.01. The van der Waals surface area contributed by atoms with Crippen molar-refractivity contribution < 1.29 is 14.7 Å². The number of para-hydroxylation sites is 1. The van der Waals surface area contributed by atoms with Gasteiger partial charge in [-0.15, -0.1) is 0 Å².